The maximum atomic E-state index is 12.6. The van der Waals surface area contributed by atoms with Crippen molar-refractivity contribution in [3.63, 3.8) is 0 Å². The van der Waals surface area contributed by atoms with Gasteiger partial charge in [0, 0.05) is 10.8 Å². The summed E-state index contributed by atoms with van der Waals surface area (Å²) in [4.78, 5) is 5.03. The molecule has 0 aliphatic carbocycles. The fourth-order valence-corrected chi connectivity index (χ4v) is 4.24. The van der Waals surface area contributed by atoms with Crippen molar-refractivity contribution < 1.29 is 18.5 Å². The lowest BCUT2D eigenvalue weighted by atomic mass is 10.0. The van der Waals surface area contributed by atoms with Crippen LogP contribution >= 0.6 is 7.60 Å². The molecule has 7 heteroatoms. The van der Waals surface area contributed by atoms with Gasteiger partial charge in [-0.25, -0.2) is 0 Å². The molecule has 0 amide bonds. The van der Waals surface area contributed by atoms with Gasteiger partial charge in [0.2, 0.25) is 0 Å². The molecule has 0 saturated carbocycles. The third-order valence-corrected chi connectivity index (χ3v) is 5.63. The maximum absolute atomic E-state index is 12.6. The number of rotatable bonds is 9. The zero-order valence-electron chi connectivity index (χ0n) is 14.7. The van der Waals surface area contributed by atoms with Crippen LogP contribution in [-0.4, -0.2) is 13.2 Å². The Hall–Kier alpha value is -2.01. The van der Waals surface area contributed by atoms with E-state index in [-0.39, 0.29) is 6.16 Å². The van der Waals surface area contributed by atoms with Crippen molar-refractivity contribution in [3.05, 3.63) is 53.6 Å². The molecular formula is C18H23N2O4P. The standard InChI is InChI=1S/C18H23N2O4P/c1-4-22-25(21,23-5-2)13-15-7-9-16(10-8-15)17-12-14(3)6-11-18(17)24-20-19/h6-12,19H,4-5,13H2,1-3H3. The minimum Gasteiger partial charge on any atom is -0.339 e. The highest BCUT2D eigenvalue weighted by Gasteiger charge is 2.24. The number of benzene rings is 2. The van der Waals surface area contributed by atoms with Gasteiger partial charge in [0.05, 0.1) is 19.4 Å². The Morgan fingerprint density at radius 1 is 1.04 bits per heavy atom. The summed E-state index contributed by atoms with van der Waals surface area (Å²) in [6, 6.07) is 13.3. The van der Waals surface area contributed by atoms with Gasteiger partial charge in [-0.2, -0.15) is 5.53 Å². The van der Waals surface area contributed by atoms with Gasteiger partial charge in [0.25, 0.3) is 0 Å². The molecule has 0 unspecified atom stereocenters. The Labute approximate surface area is 148 Å². The highest BCUT2D eigenvalue weighted by molar-refractivity contribution is 7.53. The molecule has 2 aromatic rings. The van der Waals surface area contributed by atoms with Gasteiger partial charge in [-0.1, -0.05) is 35.9 Å². The monoisotopic (exact) mass is 362 g/mol. The number of nitrogens with zero attached hydrogens (tertiary/aromatic N) is 1. The van der Waals surface area contributed by atoms with Gasteiger partial charge >= 0.3 is 7.60 Å². The summed E-state index contributed by atoms with van der Waals surface area (Å²) >= 11 is 0. The first-order valence-corrected chi connectivity index (χ1v) is 9.86. The second-order valence-corrected chi connectivity index (χ2v) is 7.54. The van der Waals surface area contributed by atoms with Crippen LogP contribution in [0.4, 0.5) is 0 Å². The quantitative estimate of drug-likeness (QED) is 0.350. The molecule has 2 rings (SSSR count). The second-order valence-electron chi connectivity index (χ2n) is 5.48. The fourth-order valence-electron chi connectivity index (χ4n) is 2.53. The smallest absolute Gasteiger partial charge is 0.335 e. The van der Waals surface area contributed by atoms with Crippen LogP contribution in [0.25, 0.3) is 11.1 Å². The third-order valence-electron chi connectivity index (χ3n) is 3.57. The molecule has 0 aliphatic rings. The van der Waals surface area contributed by atoms with Crippen molar-refractivity contribution in [2.75, 3.05) is 13.2 Å². The van der Waals surface area contributed by atoms with Crippen LogP contribution in [0, 0.1) is 12.5 Å². The Morgan fingerprint density at radius 3 is 2.24 bits per heavy atom. The van der Waals surface area contributed by atoms with E-state index in [9.17, 15) is 4.57 Å². The summed E-state index contributed by atoms with van der Waals surface area (Å²) in [5, 5.41) is 3.01. The Balaban J connectivity index is 2.27. The summed E-state index contributed by atoms with van der Waals surface area (Å²) in [6.45, 7) is 6.27. The molecule has 0 radical (unpaired) electrons. The molecule has 1 N–H and O–H groups in total. The van der Waals surface area contributed by atoms with Crippen LogP contribution in [0.5, 0.6) is 5.75 Å². The lowest BCUT2D eigenvalue weighted by Crippen LogP contribution is -1.99. The van der Waals surface area contributed by atoms with E-state index in [1.165, 1.54) is 0 Å². The average Bonchev–Trinajstić information content (AvgIpc) is 2.58. The van der Waals surface area contributed by atoms with Crippen LogP contribution < -0.4 is 4.84 Å². The zero-order chi connectivity index (χ0) is 18.3. The van der Waals surface area contributed by atoms with Crippen molar-refractivity contribution in [1.29, 1.82) is 5.53 Å². The van der Waals surface area contributed by atoms with E-state index in [2.05, 4.69) is 5.28 Å². The van der Waals surface area contributed by atoms with Crippen LogP contribution in [0.15, 0.2) is 47.7 Å². The van der Waals surface area contributed by atoms with E-state index in [0.29, 0.717) is 19.0 Å². The number of nitrogens with one attached hydrogen (secondary N) is 1. The van der Waals surface area contributed by atoms with Gasteiger partial charge in [-0.05, 0) is 44.0 Å². The molecule has 6 nitrogen and oxygen atoms in total. The highest BCUT2D eigenvalue weighted by atomic mass is 31.2. The lowest BCUT2D eigenvalue weighted by molar-refractivity contribution is 0.219. The molecule has 0 aliphatic heterocycles. The molecule has 134 valence electrons. The van der Waals surface area contributed by atoms with Crippen LogP contribution in [0.3, 0.4) is 0 Å². The van der Waals surface area contributed by atoms with E-state index in [1.807, 2.05) is 43.3 Å². The maximum Gasteiger partial charge on any atom is 0.335 e. The molecule has 0 atom stereocenters. The number of hydrogen-bond acceptors (Lipinski definition) is 6. The summed E-state index contributed by atoms with van der Waals surface area (Å²) in [5.41, 5.74) is 10.6. The summed E-state index contributed by atoms with van der Waals surface area (Å²) in [7, 11) is -3.12. The molecule has 0 saturated heterocycles. The first kappa shape index (κ1) is 19.3. The normalized spacial score (nSPS) is 11.3. The van der Waals surface area contributed by atoms with Gasteiger partial charge in [0.15, 0.2) is 5.75 Å². The first-order chi connectivity index (χ1) is 12.0. The second kappa shape index (κ2) is 8.90. The van der Waals surface area contributed by atoms with E-state index >= 15 is 0 Å². The minimum absolute atomic E-state index is 0.230. The molecule has 0 fully saturated rings. The predicted octanol–water partition coefficient (Wildman–Crippen LogP) is 5.75. The molecule has 0 spiro atoms. The highest BCUT2D eigenvalue weighted by Crippen LogP contribution is 2.51. The molecule has 0 aromatic heterocycles. The van der Waals surface area contributed by atoms with Gasteiger partial charge < -0.3 is 13.9 Å². The molecular weight excluding hydrogens is 339 g/mol. The zero-order valence-corrected chi connectivity index (χ0v) is 15.6. The topological polar surface area (TPSA) is 81.0 Å². The van der Waals surface area contributed by atoms with E-state index in [1.54, 1.807) is 19.9 Å². The largest absolute Gasteiger partial charge is 0.339 e. The van der Waals surface area contributed by atoms with Crippen LogP contribution in [0.2, 0.25) is 0 Å². The molecule has 2 aromatic carbocycles. The first-order valence-electron chi connectivity index (χ1n) is 8.13. The van der Waals surface area contributed by atoms with Crippen molar-refractivity contribution >= 4 is 7.60 Å². The van der Waals surface area contributed by atoms with Crippen molar-refractivity contribution in [2.24, 2.45) is 5.28 Å². The van der Waals surface area contributed by atoms with Gasteiger partial charge in [-0.3, -0.25) is 4.57 Å². The van der Waals surface area contributed by atoms with Gasteiger partial charge in [0.1, 0.15) is 0 Å². The fraction of sp³-hybridized carbons (Fsp3) is 0.333. The molecule has 0 bridgehead atoms. The lowest BCUT2D eigenvalue weighted by Gasteiger charge is -2.17. The van der Waals surface area contributed by atoms with E-state index in [0.717, 1.165) is 22.3 Å². The summed E-state index contributed by atoms with van der Waals surface area (Å²) < 4.78 is 23.3. The van der Waals surface area contributed by atoms with E-state index in [4.69, 9.17) is 19.4 Å². The predicted molar refractivity (Wildman–Crippen MR) is 97.0 cm³/mol. The summed E-state index contributed by atoms with van der Waals surface area (Å²) in [6.07, 6.45) is 0.230. The molecule has 25 heavy (non-hydrogen) atoms. The SMILES string of the molecule is CCOP(=O)(Cc1ccc(-c2cc(C)ccc2ON=N)cc1)OCC. The molecule has 0 heterocycles. The van der Waals surface area contributed by atoms with Crippen molar-refractivity contribution in [3.8, 4) is 16.9 Å². The number of hydrogen-bond donors (Lipinski definition) is 1. The third kappa shape index (κ3) is 5.23. The summed E-state index contributed by atoms with van der Waals surface area (Å²) in [5.74, 6) is 0.516. The Kier molecular flexibility index (Phi) is 6.88. The average molecular weight is 362 g/mol. The number of aryl methyl sites for hydroxylation is 1. The van der Waals surface area contributed by atoms with Crippen molar-refractivity contribution in [1.82, 2.24) is 0 Å². The van der Waals surface area contributed by atoms with Gasteiger partial charge in [-0.15, -0.1) is 0 Å². The van der Waals surface area contributed by atoms with Crippen molar-refractivity contribution in [2.45, 2.75) is 26.9 Å². The van der Waals surface area contributed by atoms with Crippen LogP contribution in [0.1, 0.15) is 25.0 Å². The minimum atomic E-state index is -3.12. The Bertz CT molecular complexity index is 752. The Morgan fingerprint density at radius 2 is 1.68 bits per heavy atom. The van der Waals surface area contributed by atoms with E-state index < -0.39 is 7.60 Å². The van der Waals surface area contributed by atoms with Crippen LogP contribution in [-0.2, 0) is 19.8 Å².